The highest BCUT2D eigenvalue weighted by molar-refractivity contribution is 5.71. The number of fused-ring (bicyclic) bond motifs is 1. The second-order valence-corrected chi connectivity index (χ2v) is 4.78. The number of hydrogen-bond donors (Lipinski definition) is 0. The Morgan fingerprint density at radius 3 is 2.45 bits per heavy atom. The predicted molar refractivity (Wildman–Crippen MR) is 80.4 cm³/mol. The Morgan fingerprint density at radius 2 is 1.73 bits per heavy atom. The van der Waals surface area contributed by atoms with Crippen molar-refractivity contribution >= 4 is 17.0 Å². The van der Waals surface area contributed by atoms with Gasteiger partial charge in [-0.25, -0.2) is 18.7 Å². The van der Waals surface area contributed by atoms with E-state index in [1.54, 1.807) is 29.4 Å². The monoisotopic (exact) mass is 300 g/mol. The zero-order chi connectivity index (χ0) is 15.5. The molecule has 22 heavy (non-hydrogen) atoms. The summed E-state index contributed by atoms with van der Waals surface area (Å²) in [7, 11) is 0. The standard InChI is InChI=1S/C16H14F2N4/c1-2-22(10-11-12(17)4-3-5-13(11)18)15-7-6-14-16(21-15)20-9-8-19-14/h3-9H,2,10H2,1H3. The zero-order valence-electron chi connectivity index (χ0n) is 12.0. The Bertz CT molecular complexity index is 787. The lowest BCUT2D eigenvalue weighted by molar-refractivity contribution is 0.550. The fourth-order valence-electron chi connectivity index (χ4n) is 2.25. The highest BCUT2D eigenvalue weighted by Crippen LogP contribution is 2.20. The van der Waals surface area contributed by atoms with Crippen LogP contribution in [0.4, 0.5) is 14.6 Å². The third kappa shape index (κ3) is 2.72. The van der Waals surface area contributed by atoms with Crippen LogP contribution in [0, 0.1) is 11.6 Å². The summed E-state index contributed by atoms with van der Waals surface area (Å²) in [5, 5.41) is 0. The summed E-state index contributed by atoms with van der Waals surface area (Å²) in [6.45, 7) is 2.57. The number of aromatic nitrogens is 3. The van der Waals surface area contributed by atoms with Gasteiger partial charge in [0, 0.05) is 24.5 Å². The molecule has 0 saturated carbocycles. The molecule has 4 nitrogen and oxygen atoms in total. The second kappa shape index (κ2) is 6.01. The van der Waals surface area contributed by atoms with E-state index in [-0.39, 0.29) is 12.1 Å². The van der Waals surface area contributed by atoms with Crippen LogP contribution in [0.25, 0.3) is 11.2 Å². The number of halogens is 2. The number of benzene rings is 1. The second-order valence-electron chi connectivity index (χ2n) is 4.78. The third-order valence-electron chi connectivity index (χ3n) is 3.43. The smallest absolute Gasteiger partial charge is 0.180 e. The van der Waals surface area contributed by atoms with Crippen LogP contribution in [-0.4, -0.2) is 21.5 Å². The van der Waals surface area contributed by atoms with Crippen LogP contribution in [0.1, 0.15) is 12.5 Å². The van der Waals surface area contributed by atoms with Crippen molar-refractivity contribution in [1.82, 2.24) is 15.0 Å². The van der Waals surface area contributed by atoms with E-state index in [4.69, 9.17) is 0 Å². The third-order valence-corrected chi connectivity index (χ3v) is 3.43. The molecule has 0 radical (unpaired) electrons. The fourth-order valence-corrected chi connectivity index (χ4v) is 2.25. The molecule has 112 valence electrons. The molecular formula is C16H14F2N4. The number of hydrogen-bond acceptors (Lipinski definition) is 4. The average Bonchev–Trinajstić information content (AvgIpc) is 2.54. The topological polar surface area (TPSA) is 41.9 Å². The predicted octanol–water partition coefficient (Wildman–Crippen LogP) is 3.33. The highest BCUT2D eigenvalue weighted by atomic mass is 19.1. The average molecular weight is 300 g/mol. The lowest BCUT2D eigenvalue weighted by Crippen LogP contribution is -2.24. The van der Waals surface area contributed by atoms with Crippen molar-refractivity contribution in [3.05, 3.63) is 59.9 Å². The molecule has 0 spiro atoms. The Labute approximate surface area is 126 Å². The van der Waals surface area contributed by atoms with Crippen molar-refractivity contribution < 1.29 is 8.78 Å². The summed E-state index contributed by atoms with van der Waals surface area (Å²) < 4.78 is 27.6. The lowest BCUT2D eigenvalue weighted by Gasteiger charge is -2.22. The van der Waals surface area contributed by atoms with E-state index in [2.05, 4.69) is 15.0 Å². The fraction of sp³-hybridized carbons (Fsp3) is 0.188. The SMILES string of the molecule is CCN(Cc1c(F)cccc1F)c1ccc2nccnc2n1. The van der Waals surface area contributed by atoms with E-state index in [1.807, 2.05) is 6.92 Å². The van der Waals surface area contributed by atoms with Gasteiger partial charge in [-0.3, -0.25) is 4.98 Å². The van der Waals surface area contributed by atoms with Crippen LogP contribution in [0.2, 0.25) is 0 Å². The Kier molecular flexibility index (Phi) is 3.91. The minimum absolute atomic E-state index is 0.0328. The first-order valence-corrected chi connectivity index (χ1v) is 6.94. The molecule has 0 N–H and O–H groups in total. The van der Waals surface area contributed by atoms with Gasteiger partial charge in [0.05, 0.1) is 6.54 Å². The van der Waals surface area contributed by atoms with Crippen LogP contribution in [-0.2, 0) is 6.54 Å². The molecule has 2 aromatic heterocycles. The molecule has 2 heterocycles. The number of rotatable bonds is 4. The lowest BCUT2D eigenvalue weighted by atomic mass is 10.2. The van der Waals surface area contributed by atoms with Gasteiger partial charge in [-0.1, -0.05) is 6.07 Å². The van der Waals surface area contributed by atoms with E-state index in [9.17, 15) is 8.78 Å². The maximum Gasteiger partial charge on any atom is 0.180 e. The minimum Gasteiger partial charge on any atom is -0.352 e. The van der Waals surface area contributed by atoms with E-state index >= 15 is 0 Å². The molecule has 0 bridgehead atoms. The summed E-state index contributed by atoms with van der Waals surface area (Å²) in [5.74, 6) is -0.504. The van der Waals surface area contributed by atoms with Gasteiger partial charge >= 0.3 is 0 Å². The van der Waals surface area contributed by atoms with Gasteiger partial charge in [-0.2, -0.15) is 0 Å². The van der Waals surface area contributed by atoms with E-state index < -0.39 is 11.6 Å². The van der Waals surface area contributed by atoms with Gasteiger partial charge in [-0.05, 0) is 31.2 Å². The van der Waals surface area contributed by atoms with Crippen LogP contribution >= 0.6 is 0 Å². The van der Waals surface area contributed by atoms with E-state index in [0.717, 1.165) is 0 Å². The molecule has 0 aliphatic heterocycles. The zero-order valence-corrected chi connectivity index (χ0v) is 12.0. The van der Waals surface area contributed by atoms with Crippen LogP contribution in [0.15, 0.2) is 42.7 Å². The Balaban J connectivity index is 1.96. The minimum atomic E-state index is -0.556. The molecule has 0 unspecified atom stereocenters. The summed E-state index contributed by atoms with van der Waals surface area (Å²) in [5.41, 5.74) is 1.22. The first-order valence-electron chi connectivity index (χ1n) is 6.94. The molecule has 3 rings (SSSR count). The van der Waals surface area contributed by atoms with Crippen molar-refractivity contribution in [2.75, 3.05) is 11.4 Å². The van der Waals surface area contributed by atoms with Crippen LogP contribution in [0.3, 0.4) is 0 Å². The van der Waals surface area contributed by atoms with Crippen LogP contribution < -0.4 is 4.90 Å². The van der Waals surface area contributed by atoms with E-state index in [0.29, 0.717) is 23.5 Å². The molecule has 1 aromatic carbocycles. The highest BCUT2D eigenvalue weighted by Gasteiger charge is 2.14. The number of anilines is 1. The van der Waals surface area contributed by atoms with Crippen molar-refractivity contribution in [3.8, 4) is 0 Å². The van der Waals surface area contributed by atoms with Crippen molar-refractivity contribution in [3.63, 3.8) is 0 Å². The van der Waals surface area contributed by atoms with Gasteiger partial charge in [0.25, 0.3) is 0 Å². The largest absolute Gasteiger partial charge is 0.352 e. The van der Waals surface area contributed by atoms with Crippen molar-refractivity contribution in [2.24, 2.45) is 0 Å². The van der Waals surface area contributed by atoms with Gasteiger partial charge in [0.15, 0.2) is 5.65 Å². The van der Waals surface area contributed by atoms with Crippen molar-refractivity contribution in [2.45, 2.75) is 13.5 Å². The van der Waals surface area contributed by atoms with Gasteiger partial charge < -0.3 is 4.90 Å². The normalized spacial score (nSPS) is 10.9. The van der Waals surface area contributed by atoms with Crippen molar-refractivity contribution in [1.29, 1.82) is 0 Å². The molecule has 0 fully saturated rings. The molecule has 6 heteroatoms. The number of nitrogens with zero attached hydrogens (tertiary/aromatic N) is 4. The van der Waals surface area contributed by atoms with E-state index in [1.165, 1.54) is 18.2 Å². The maximum atomic E-state index is 13.8. The summed E-state index contributed by atoms with van der Waals surface area (Å²) >= 11 is 0. The molecule has 0 amide bonds. The molecule has 0 atom stereocenters. The summed E-state index contributed by atoms with van der Waals surface area (Å²) in [6.07, 6.45) is 3.15. The van der Waals surface area contributed by atoms with Gasteiger partial charge in [-0.15, -0.1) is 0 Å². The summed E-state index contributed by atoms with van der Waals surface area (Å²) in [4.78, 5) is 14.5. The van der Waals surface area contributed by atoms with Gasteiger partial charge in [0.2, 0.25) is 0 Å². The van der Waals surface area contributed by atoms with Crippen LogP contribution in [0.5, 0.6) is 0 Å². The molecule has 0 aliphatic carbocycles. The van der Waals surface area contributed by atoms with Gasteiger partial charge in [0.1, 0.15) is 23.0 Å². The molecule has 0 aliphatic rings. The maximum absolute atomic E-state index is 13.8. The Morgan fingerprint density at radius 1 is 1.00 bits per heavy atom. The first kappa shape index (κ1) is 14.3. The molecular weight excluding hydrogens is 286 g/mol. The first-order chi connectivity index (χ1) is 10.7. The molecule has 3 aromatic rings. The summed E-state index contributed by atoms with van der Waals surface area (Å²) in [6, 6.07) is 7.44. The molecule has 0 saturated heterocycles. The number of pyridine rings is 1. The quantitative estimate of drug-likeness (QED) is 0.741. The Hall–Kier alpha value is -2.63.